The van der Waals surface area contributed by atoms with E-state index in [0.29, 0.717) is 16.4 Å². The Bertz CT molecular complexity index is 751. The number of hydrogen-bond donors (Lipinski definition) is 1. The molecular weight excluding hydrogens is 331 g/mol. The number of ether oxygens (including phenoxy) is 2. The molecule has 1 N–H and O–H groups in total. The van der Waals surface area contributed by atoms with Crippen LogP contribution in [0.4, 0.5) is 14.3 Å². The van der Waals surface area contributed by atoms with E-state index in [1.54, 1.807) is 50.4 Å². The molecule has 1 aromatic heterocycles. The summed E-state index contributed by atoms with van der Waals surface area (Å²) in [5.41, 5.74) is 0.771. The van der Waals surface area contributed by atoms with Crippen LogP contribution in [-0.4, -0.2) is 23.8 Å². The SMILES string of the molecule is COc1ccc(C=Cc2csc(NC(=O)OC(C)(C)C)n2)cc1F. The molecule has 0 saturated carbocycles. The van der Waals surface area contributed by atoms with Crippen molar-refractivity contribution in [2.24, 2.45) is 0 Å². The number of nitrogens with zero attached hydrogens (tertiary/aromatic N) is 1. The highest BCUT2D eigenvalue weighted by Gasteiger charge is 2.17. The normalized spacial score (nSPS) is 11.5. The zero-order chi connectivity index (χ0) is 17.7. The second-order valence-corrected chi connectivity index (χ2v) is 6.79. The smallest absolute Gasteiger partial charge is 0.413 e. The fourth-order valence-electron chi connectivity index (χ4n) is 1.78. The first-order chi connectivity index (χ1) is 11.3. The molecule has 1 amide bonds. The molecule has 0 bridgehead atoms. The van der Waals surface area contributed by atoms with Crippen LogP contribution in [0.1, 0.15) is 32.0 Å². The van der Waals surface area contributed by atoms with Gasteiger partial charge in [-0.2, -0.15) is 0 Å². The Hall–Kier alpha value is -2.41. The van der Waals surface area contributed by atoms with Crippen molar-refractivity contribution in [3.8, 4) is 5.75 Å². The first-order valence-electron chi connectivity index (χ1n) is 7.24. The Labute approximate surface area is 144 Å². The Morgan fingerprint density at radius 3 is 2.71 bits per heavy atom. The van der Waals surface area contributed by atoms with Crippen LogP contribution >= 0.6 is 11.3 Å². The highest BCUT2D eigenvalue weighted by molar-refractivity contribution is 7.14. The summed E-state index contributed by atoms with van der Waals surface area (Å²) in [5, 5.41) is 4.79. The molecule has 1 heterocycles. The molecule has 0 aliphatic carbocycles. The molecule has 2 aromatic rings. The Kier molecular flexibility index (Phi) is 5.56. The molecule has 24 heavy (non-hydrogen) atoms. The number of rotatable bonds is 4. The summed E-state index contributed by atoms with van der Waals surface area (Å²) < 4.78 is 23.7. The van der Waals surface area contributed by atoms with E-state index in [0.717, 1.165) is 0 Å². The van der Waals surface area contributed by atoms with Gasteiger partial charge >= 0.3 is 6.09 Å². The minimum Gasteiger partial charge on any atom is -0.494 e. The van der Waals surface area contributed by atoms with Gasteiger partial charge in [-0.3, -0.25) is 5.32 Å². The van der Waals surface area contributed by atoms with Crippen molar-refractivity contribution in [3.63, 3.8) is 0 Å². The van der Waals surface area contributed by atoms with Gasteiger partial charge in [-0.1, -0.05) is 12.1 Å². The highest BCUT2D eigenvalue weighted by atomic mass is 32.1. The third-order valence-electron chi connectivity index (χ3n) is 2.75. The predicted molar refractivity (Wildman–Crippen MR) is 93.9 cm³/mol. The van der Waals surface area contributed by atoms with Crippen molar-refractivity contribution in [3.05, 3.63) is 40.7 Å². The number of carbonyl (C=O) groups excluding carboxylic acids is 1. The molecule has 2 rings (SSSR count). The molecule has 0 saturated heterocycles. The maximum atomic E-state index is 13.6. The Morgan fingerprint density at radius 1 is 1.33 bits per heavy atom. The van der Waals surface area contributed by atoms with Crippen molar-refractivity contribution < 1.29 is 18.7 Å². The van der Waals surface area contributed by atoms with E-state index in [-0.39, 0.29) is 5.75 Å². The average Bonchev–Trinajstić information content (AvgIpc) is 2.90. The minimum atomic E-state index is -0.567. The number of anilines is 1. The van der Waals surface area contributed by atoms with Gasteiger partial charge < -0.3 is 9.47 Å². The maximum absolute atomic E-state index is 13.6. The number of amides is 1. The number of halogens is 1. The van der Waals surface area contributed by atoms with Crippen LogP contribution in [0, 0.1) is 5.82 Å². The number of benzene rings is 1. The van der Waals surface area contributed by atoms with Gasteiger partial charge in [-0.25, -0.2) is 14.2 Å². The zero-order valence-corrected chi connectivity index (χ0v) is 14.7. The van der Waals surface area contributed by atoms with E-state index in [4.69, 9.17) is 9.47 Å². The lowest BCUT2D eigenvalue weighted by Gasteiger charge is -2.18. The van der Waals surface area contributed by atoms with E-state index in [2.05, 4.69) is 10.3 Å². The van der Waals surface area contributed by atoms with Gasteiger partial charge in [0, 0.05) is 5.38 Å². The highest BCUT2D eigenvalue weighted by Crippen LogP contribution is 2.21. The van der Waals surface area contributed by atoms with Crippen LogP contribution in [0.2, 0.25) is 0 Å². The molecule has 0 aliphatic heterocycles. The van der Waals surface area contributed by atoms with Crippen LogP contribution in [0.5, 0.6) is 5.75 Å². The minimum absolute atomic E-state index is 0.199. The molecule has 0 atom stereocenters. The van der Waals surface area contributed by atoms with Crippen LogP contribution in [0.15, 0.2) is 23.6 Å². The van der Waals surface area contributed by atoms with Crippen LogP contribution < -0.4 is 10.1 Å². The second kappa shape index (κ2) is 7.44. The van der Waals surface area contributed by atoms with E-state index in [1.165, 1.54) is 24.5 Å². The van der Waals surface area contributed by atoms with Gasteiger partial charge in [0.1, 0.15) is 5.60 Å². The zero-order valence-electron chi connectivity index (χ0n) is 13.9. The molecule has 1 aromatic carbocycles. The van der Waals surface area contributed by atoms with Crippen molar-refractivity contribution in [1.29, 1.82) is 0 Å². The summed E-state index contributed by atoms with van der Waals surface area (Å²) in [5.74, 6) is -0.227. The van der Waals surface area contributed by atoms with Crippen molar-refractivity contribution >= 4 is 34.7 Å². The van der Waals surface area contributed by atoms with Crippen LogP contribution in [0.25, 0.3) is 12.2 Å². The number of aromatic nitrogens is 1. The molecule has 5 nitrogen and oxygen atoms in total. The predicted octanol–water partition coefficient (Wildman–Crippen LogP) is 4.81. The lowest BCUT2D eigenvalue weighted by Crippen LogP contribution is -2.27. The summed E-state index contributed by atoms with van der Waals surface area (Å²) >= 11 is 1.28. The van der Waals surface area contributed by atoms with Gasteiger partial charge in [0.2, 0.25) is 0 Å². The largest absolute Gasteiger partial charge is 0.494 e. The second-order valence-electron chi connectivity index (χ2n) is 5.93. The lowest BCUT2D eigenvalue weighted by molar-refractivity contribution is 0.0636. The summed E-state index contributed by atoms with van der Waals surface area (Å²) in [6.07, 6.45) is 2.91. The molecule has 0 unspecified atom stereocenters. The quantitative estimate of drug-likeness (QED) is 0.860. The molecule has 0 aliphatic rings. The average molecular weight is 350 g/mol. The monoisotopic (exact) mass is 350 g/mol. The van der Waals surface area contributed by atoms with Gasteiger partial charge in [-0.15, -0.1) is 11.3 Å². The van der Waals surface area contributed by atoms with E-state index in [1.807, 2.05) is 0 Å². The summed E-state index contributed by atoms with van der Waals surface area (Å²) in [4.78, 5) is 15.9. The number of methoxy groups -OCH3 is 1. The topological polar surface area (TPSA) is 60.5 Å². The van der Waals surface area contributed by atoms with E-state index < -0.39 is 17.5 Å². The third-order valence-corrected chi connectivity index (χ3v) is 3.53. The van der Waals surface area contributed by atoms with Crippen LogP contribution in [0.3, 0.4) is 0 Å². The first kappa shape index (κ1) is 17.9. The first-order valence-corrected chi connectivity index (χ1v) is 8.12. The van der Waals surface area contributed by atoms with Gasteiger partial charge in [0.25, 0.3) is 0 Å². The number of carbonyl (C=O) groups is 1. The van der Waals surface area contributed by atoms with Crippen molar-refractivity contribution in [2.75, 3.05) is 12.4 Å². The van der Waals surface area contributed by atoms with Crippen LogP contribution in [-0.2, 0) is 4.74 Å². The van der Waals surface area contributed by atoms with E-state index in [9.17, 15) is 9.18 Å². The fraction of sp³-hybridized carbons (Fsp3) is 0.294. The molecule has 7 heteroatoms. The third kappa shape index (κ3) is 5.34. The number of thiazole rings is 1. The molecule has 0 radical (unpaired) electrons. The molecule has 128 valence electrons. The Balaban J connectivity index is 2.00. The Morgan fingerprint density at radius 2 is 2.08 bits per heavy atom. The fourth-order valence-corrected chi connectivity index (χ4v) is 2.44. The van der Waals surface area contributed by atoms with E-state index >= 15 is 0 Å². The van der Waals surface area contributed by atoms with Crippen molar-refractivity contribution in [1.82, 2.24) is 4.98 Å². The summed E-state index contributed by atoms with van der Waals surface area (Å²) in [6, 6.07) is 4.68. The molecule has 0 spiro atoms. The standard InChI is InChI=1S/C17H19FN2O3S/c1-17(2,3)23-16(21)20-15-19-12(10-24-15)7-5-11-6-8-14(22-4)13(18)9-11/h5-10H,1-4H3,(H,19,20,21). The van der Waals surface area contributed by atoms with Gasteiger partial charge in [0.15, 0.2) is 16.7 Å². The van der Waals surface area contributed by atoms with Gasteiger partial charge in [-0.05, 0) is 44.5 Å². The van der Waals surface area contributed by atoms with Crippen molar-refractivity contribution in [2.45, 2.75) is 26.4 Å². The number of hydrogen-bond acceptors (Lipinski definition) is 5. The summed E-state index contributed by atoms with van der Waals surface area (Å²) in [7, 11) is 1.42. The van der Waals surface area contributed by atoms with Gasteiger partial charge in [0.05, 0.1) is 12.8 Å². The molecule has 0 fully saturated rings. The number of nitrogens with one attached hydrogen (secondary N) is 1. The summed E-state index contributed by atoms with van der Waals surface area (Å²) in [6.45, 7) is 5.36. The maximum Gasteiger partial charge on any atom is 0.413 e. The lowest BCUT2D eigenvalue weighted by atomic mass is 10.2. The molecular formula is C17H19FN2O3S.